The number of rotatable bonds is 8. The Morgan fingerprint density at radius 3 is 2.83 bits per heavy atom. The third kappa shape index (κ3) is 5.25. The van der Waals surface area contributed by atoms with Crippen molar-refractivity contribution in [3.63, 3.8) is 0 Å². The molecule has 0 spiro atoms. The quantitative estimate of drug-likeness (QED) is 0.760. The first-order valence-electron chi connectivity index (χ1n) is 7.95. The van der Waals surface area contributed by atoms with Crippen LogP contribution in [0.3, 0.4) is 0 Å². The van der Waals surface area contributed by atoms with Gasteiger partial charge in [-0.1, -0.05) is 0 Å². The number of aromatic nitrogens is 2. The van der Waals surface area contributed by atoms with Gasteiger partial charge >= 0.3 is 0 Å². The molecule has 0 atom stereocenters. The van der Waals surface area contributed by atoms with Gasteiger partial charge in [0, 0.05) is 18.8 Å². The van der Waals surface area contributed by atoms with Crippen molar-refractivity contribution < 1.29 is 13.9 Å². The number of carbonyl (C=O) groups is 1. The van der Waals surface area contributed by atoms with Gasteiger partial charge in [0.2, 0.25) is 0 Å². The molecule has 0 bridgehead atoms. The largest absolute Gasteiger partial charge is 0.454 e. The normalized spacial score (nSPS) is 11.2. The Balaban J connectivity index is 1.81. The summed E-state index contributed by atoms with van der Waals surface area (Å²) in [6, 6.07) is 5.52. The average molecular weight is 319 g/mol. The second kappa shape index (κ2) is 7.97. The first-order chi connectivity index (χ1) is 11.0. The third-order valence-corrected chi connectivity index (χ3v) is 3.35. The topological polar surface area (TPSA) is 69.3 Å². The van der Waals surface area contributed by atoms with Crippen molar-refractivity contribution in [1.29, 1.82) is 0 Å². The Morgan fingerprint density at radius 2 is 2.17 bits per heavy atom. The maximum absolute atomic E-state index is 12.0. The van der Waals surface area contributed by atoms with Crippen LogP contribution >= 0.6 is 0 Å². The van der Waals surface area contributed by atoms with Crippen molar-refractivity contribution in [2.45, 2.75) is 46.8 Å². The minimum absolute atomic E-state index is 0.200. The molecule has 23 heavy (non-hydrogen) atoms. The van der Waals surface area contributed by atoms with Crippen LogP contribution in [0.4, 0.5) is 0 Å². The summed E-state index contributed by atoms with van der Waals surface area (Å²) in [5.74, 6) is 0.838. The Bertz CT molecular complexity index is 643. The zero-order valence-corrected chi connectivity index (χ0v) is 14.3. The Labute approximate surface area is 136 Å². The summed E-state index contributed by atoms with van der Waals surface area (Å²) in [4.78, 5) is 12.0. The number of amides is 1. The van der Waals surface area contributed by atoms with Crippen LogP contribution in [0.1, 0.15) is 48.0 Å². The minimum Gasteiger partial charge on any atom is -0.454 e. The lowest BCUT2D eigenvalue weighted by Crippen LogP contribution is -2.25. The van der Waals surface area contributed by atoms with Gasteiger partial charge in [-0.15, -0.1) is 0 Å². The molecule has 6 nitrogen and oxygen atoms in total. The molecule has 0 aromatic carbocycles. The lowest BCUT2D eigenvalue weighted by Gasteiger charge is -2.07. The highest BCUT2D eigenvalue weighted by molar-refractivity contribution is 5.91. The van der Waals surface area contributed by atoms with E-state index < -0.39 is 0 Å². The second-order valence-electron chi connectivity index (χ2n) is 5.88. The van der Waals surface area contributed by atoms with Crippen molar-refractivity contribution in [2.75, 3.05) is 13.2 Å². The van der Waals surface area contributed by atoms with Crippen LogP contribution in [0, 0.1) is 13.8 Å². The van der Waals surface area contributed by atoms with Gasteiger partial charge in [-0.3, -0.25) is 9.48 Å². The summed E-state index contributed by atoms with van der Waals surface area (Å²) in [6.45, 7) is 9.66. The Kier molecular flexibility index (Phi) is 5.98. The van der Waals surface area contributed by atoms with E-state index in [1.54, 1.807) is 6.07 Å². The molecule has 126 valence electrons. The number of aryl methyl sites for hydroxylation is 2. The number of ether oxygens (including phenoxy) is 1. The number of nitrogens with zero attached hydrogens (tertiary/aromatic N) is 2. The fraction of sp³-hybridized carbons (Fsp3) is 0.529. The highest BCUT2D eigenvalue weighted by atomic mass is 16.5. The average Bonchev–Trinajstić information content (AvgIpc) is 3.05. The van der Waals surface area contributed by atoms with Gasteiger partial charge in [-0.25, -0.2) is 0 Å². The van der Waals surface area contributed by atoms with Crippen LogP contribution in [0.5, 0.6) is 0 Å². The monoisotopic (exact) mass is 319 g/mol. The van der Waals surface area contributed by atoms with Crippen LogP contribution in [-0.4, -0.2) is 34.9 Å². The zero-order chi connectivity index (χ0) is 16.8. The van der Waals surface area contributed by atoms with Gasteiger partial charge in [-0.05, 0) is 52.3 Å². The molecule has 0 aliphatic heterocycles. The lowest BCUT2D eigenvalue weighted by atomic mass is 10.3. The molecular formula is C17H25N3O3. The molecule has 0 saturated carbocycles. The molecule has 2 heterocycles. The van der Waals surface area contributed by atoms with E-state index in [0.717, 1.165) is 17.8 Å². The van der Waals surface area contributed by atoms with E-state index in [1.807, 2.05) is 44.5 Å². The fourth-order valence-corrected chi connectivity index (χ4v) is 2.25. The smallest absolute Gasteiger partial charge is 0.286 e. The van der Waals surface area contributed by atoms with Gasteiger partial charge in [0.05, 0.1) is 18.3 Å². The highest BCUT2D eigenvalue weighted by Crippen LogP contribution is 2.11. The summed E-state index contributed by atoms with van der Waals surface area (Å²) in [5, 5.41) is 7.22. The summed E-state index contributed by atoms with van der Waals surface area (Å²) in [5.41, 5.74) is 2.03. The SMILES string of the molecule is Cc1cc(C)n(Cc2ccc(C(=O)NCCCOC(C)C)o2)n1. The minimum atomic E-state index is -0.200. The lowest BCUT2D eigenvalue weighted by molar-refractivity contribution is 0.0753. The fourth-order valence-electron chi connectivity index (χ4n) is 2.25. The first kappa shape index (κ1) is 17.3. The van der Waals surface area contributed by atoms with Crippen LogP contribution in [-0.2, 0) is 11.3 Å². The van der Waals surface area contributed by atoms with E-state index in [2.05, 4.69) is 10.4 Å². The van der Waals surface area contributed by atoms with Gasteiger partial charge in [-0.2, -0.15) is 5.10 Å². The molecule has 2 aromatic heterocycles. The molecule has 2 rings (SSSR count). The third-order valence-electron chi connectivity index (χ3n) is 3.35. The molecule has 1 N–H and O–H groups in total. The molecule has 2 aromatic rings. The van der Waals surface area contributed by atoms with E-state index in [-0.39, 0.29) is 12.0 Å². The van der Waals surface area contributed by atoms with Gasteiger partial charge in [0.25, 0.3) is 5.91 Å². The van der Waals surface area contributed by atoms with Crippen molar-refractivity contribution in [3.05, 3.63) is 41.1 Å². The van der Waals surface area contributed by atoms with Crippen LogP contribution in [0.15, 0.2) is 22.6 Å². The van der Waals surface area contributed by atoms with Crippen molar-refractivity contribution >= 4 is 5.91 Å². The Hall–Kier alpha value is -2.08. The maximum Gasteiger partial charge on any atom is 0.286 e. The maximum atomic E-state index is 12.0. The standard InChI is InChI=1S/C17H25N3O3/c1-12(2)22-9-5-8-18-17(21)16-7-6-15(23-16)11-20-14(4)10-13(3)19-20/h6-7,10,12H,5,8-9,11H2,1-4H3,(H,18,21). The number of carbonyl (C=O) groups excluding carboxylic acids is 1. The van der Waals surface area contributed by atoms with Crippen LogP contribution < -0.4 is 5.32 Å². The van der Waals surface area contributed by atoms with Crippen LogP contribution in [0.25, 0.3) is 0 Å². The molecule has 0 unspecified atom stereocenters. The highest BCUT2D eigenvalue weighted by Gasteiger charge is 2.12. The summed E-state index contributed by atoms with van der Waals surface area (Å²) >= 11 is 0. The second-order valence-corrected chi connectivity index (χ2v) is 5.88. The number of hydrogen-bond donors (Lipinski definition) is 1. The molecule has 0 fully saturated rings. The number of furan rings is 1. The molecule has 1 amide bonds. The van der Waals surface area contributed by atoms with Gasteiger partial charge in [0.15, 0.2) is 5.76 Å². The molecule has 0 aliphatic carbocycles. The number of hydrogen-bond acceptors (Lipinski definition) is 4. The van der Waals surface area contributed by atoms with Gasteiger partial charge in [0.1, 0.15) is 5.76 Å². The molecule has 6 heteroatoms. The van der Waals surface area contributed by atoms with E-state index in [4.69, 9.17) is 9.15 Å². The van der Waals surface area contributed by atoms with Crippen molar-refractivity contribution in [3.8, 4) is 0 Å². The molecule has 0 aliphatic rings. The summed E-state index contributed by atoms with van der Waals surface area (Å²) in [7, 11) is 0. The zero-order valence-electron chi connectivity index (χ0n) is 14.3. The van der Waals surface area contributed by atoms with E-state index in [9.17, 15) is 4.79 Å². The Morgan fingerprint density at radius 1 is 1.39 bits per heavy atom. The van der Waals surface area contributed by atoms with Gasteiger partial charge < -0.3 is 14.5 Å². The number of nitrogens with one attached hydrogen (secondary N) is 1. The van der Waals surface area contributed by atoms with Crippen molar-refractivity contribution in [2.24, 2.45) is 0 Å². The molecular weight excluding hydrogens is 294 g/mol. The van der Waals surface area contributed by atoms with E-state index in [1.165, 1.54) is 0 Å². The summed E-state index contributed by atoms with van der Waals surface area (Å²) in [6.07, 6.45) is 0.996. The summed E-state index contributed by atoms with van der Waals surface area (Å²) < 4.78 is 12.9. The predicted octanol–water partition coefficient (Wildman–Crippen LogP) is 2.69. The van der Waals surface area contributed by atoms with Crippen molar-refractivity contribution in [1.82, 2.24) is 15.1 Å². The molecule has 0 saturated heterocycles. The van der Waals surface area contributed by atoms with E-state index >= 15 is 0 Å². The van der Waals surface area contributed by atoms with E-state index in [0.29, 0.717) is 31.2 Å². The first-order valence-corrected chi connectivity index (χ1v) is 7.95. The predicted molar refractivity (Wildman–Crippen MR) is 87.5 cm³/mol. The molecule has 0 radical (unpaired) electrons. The van der Waals surface area contributed by atoms with Crippen LogP contribution in [0.2, 0.25) is 0 Å².